The predicted molar refractivity (Wildman–Crippen MR) is 212 cm³/mol. The van der Waals surface area contributed by atoms with Crippen LogP contribution in [0.25, 0.3) is 88.7 Å². The van der Waals surface area contributed by atoms with Crippen molar-refractivity contribution in [1.29, 1.82) is 0 Å². The summed E-state index contributed by atoms with van der Waals surface area (Å²) >= 11 is 0. The Labute approximate surface area is 297 Å². The molecule has 240 valence electrons. The van der Waals surface area contributed by atoms with Gasteiger partial charge >= 0.3 is 0 Å². The van der Waals surface area contributed by atoms with Crippen LogP contribution in [0.1, 0.15) is 25.0 Å². The van der Waals surface area contributed by atoms with E-state index in [0.717, 1.165) is 38.2 Å². The van der Waals surface area contributed by atoms with Gasteiger partial charge in [0.2, 0.25) is 0 Å². The van der Waals surface area contributed by atoms with Crippen molar-refractivity contribution in [1.82, 2.24) is 15.0 Å². The van der Waals surface area contributed by atoms with Gasteiger partial charge in [-0.05, 0) is 90.0 Å². The van der Waals surface area contributed by atoms with E-state index in [1.54, 1.807) is 0 Å². The van der Waals surface area contributed by atoms with Crippen molar-refractivity contribution >= 4 is 32.3 Å². The molecule has 51 heavy (non-hydrogen) atoms. The minimum Gasteiger partial charge on any atom is -0.208 e. The van der Waals surface area contributed by atoms with E-state index in [-0.39, 0.29) is 5.41 Å². The lowest BCUT2D eigenvalue weighted by Crippen LogP contribution is -2.14. The van der Waals surface area contributed by atoms with Gasteiger partial charge in [0.05, 0.1) is 0 Å². The first kappa shape index (κ1) is 29.5. The molecule has 8 aromatic carbocycles. The summed E-state index contributed by atoms with van der Waals surface area (Å²) in [6.07, 6.45) is 0. The summed E-state index contributed by atoms with van der Waals surface area (Å²) in [5.74, 6) is 1.97. The van der Waals surface area contributed by atoms with Gasteiger partial charge in [-0.15, -0.1) is 0 Å². The molecule has 1 heterocycles. The van der Waals surface area contributed by atoms with Crippen LogP contribution in [0.15, 0.2) is 164 Å². The largest absolute Gasteiger partial charge is 0.208 e. The highest BCUT2D eigenvalue weighted by atomic mass is 15.0. The molecule has 1 aromatic heterocycles. The highest BCUT2D eigenvalue weighted by molar-refractivity contribution is 5.99. The van der Waals surface area contributed by atoms with Gasteiger partial charge in [-0.2, -0.15) is 0 Å². The molecular formula is C48H33N3. The van der Waals surface area contributed by atoms with Gasteiger partial charge in [-0.3, -0.25) is 0 Å². The number of hydrogen-bond donors (Lipinski definition) is 0. The monoisotopic (exact) mass is 651 g/mol. The molecule has 0 amide bonds. The van der Waals surface area contributed by atoms with Crippen LogP contribution in [0.2, 0.25) is 0 Å². The molecule has 0 radical (unpaired) electrons. The number of benzene rings is 8. The van der Waals surface area contributed by atoms with E-state index in [1.165, 1.54) is 44.2 Å². The first-order valence-electron chi connectivity index (χ1n) is 17.5. The number of rotatable bonds is 4. The minimum atomic E-state index is -0.0623. The van der Waals surface area contributed by atoms with Gasteiger partial charge in [-0.25, -0.2) is 15.0 Å². The van der Waals surface area contributed by atoms with E-state index in [4.69, 9.17) is 15.0 Å². The zero-order valence-electron chi connectivity index (χ0n) is 28.4. The Morgan fingerprint density at radius 3 is 1.53 bits per heavy atom. The van der Waals surface area contributed by atoms with Crippen LogP contribution in [-0.2, 0) is 5.41 Å². The lowest BCUT2D eigenvalue weighted by atomic mass is 9.81. The van der Waals surface area contributed by atoms with E-state index < -0.39 is 0 Å². The molecule has 0 saturated heterocycles. The van der Waals surface area contributed by atoms with Crippen LogP contribution in [0.5, 0.6) is 0 Å². The fraction of sp³-hybridized carbons (Fsp3) is 0.0625. The van der Waals surface area contributed by atoms with Gasteiger partial charge in [0.1, 0.15) is 0 Å². The molecule has 0 aliphatic heterocycles. The second-order valence-electron chi connectivity index (χ2n) is 14.1. The van der Waals surface area contributed by atoms with Crippen molar-refractivity contribution in [2.45, 2.75) is 19.3 Å². The Morgan fingerprint density at radius 1 is 0.333 bits per heavy atom. The van der Waals surface area contributed by atoms with Gasteiger partial charge in [0.15, 0.2) is 17.5 Å². The normalized spacial score (nSPS) is 13.1. The summed E-state index contributed by atoms with van der Waals surface area (Å²) in [7, 11) is 0. The second kappa shape index (κ2) is 11.3. The molecule has 3 nitrogen and oxygen atoms in total. The highest BCUT2D eigenvalue weighted by Crippen LogP contribution is 2.49. The fourth-order valence-corrected chi connectivity index (χ4v) is 7.94. The Morgan fingerprint density at radius 2 is 0.824 bits per heavy atom. The van der Waals surface area contributed by atoms with Crippen molar-refractivity contribution in [3.05, 3.63) is 175 Å². The Kier molecular flexibility index (Phi) is 6.53. The standard InChI is InChI=1S/C48H33N3/c1-48(2)43-17-8-7-15-39(43)40-25-24-36(29-44(40)48)35-21-20-32-14-9-16-41(42(32)28-35)47-50-45(37-22-18-30-10-3-5-12-33(30)26-37)49-46(51-47)38-23-19-31-11-4-6-13-34(31)27-38/h3-29H,1-2H3. The SMILES string of the molecule is CC1(C)c2ccccc2-c2ccc(-c3ccc4cccc(-c5nc(-c6ccc7ccccc7c6)nc(-c6ccc7ccccc7c6)n5)c4c3)cc21. The molecule has 3 heteroatoms. The van der Waals surface area contributed by atoms with Crippen LogP contribution in [0, 0.1) is 0 Å². The summed E-state index contributed by atoms with van der Waals surface area (Å²) < 4.78 is 0. The fourth-order valence-electron chi connectivity index (χ4n) is 7.94. The molecule has 0 spiro atoms. The molecule has 0 N–H and O–H groups in total. The number of nitrogens with zero attached hydrogens (tertiary/aromatic N) is 3. The zero-order chi connectivity index (χ0) is 34.1. The van der Waals surface area contributed by atoms with E-state index in [1.807, 2.05) is 0 Å². The van der Waals surface area contributed by atoms with Crippen molar-refractivity contribution in [3.8, 4) is 56.4 Å². The quantitative estimate of drug-likeness (QED) is 0.190. The first-order valence-corrected chi connectivity index (χ1v) is 17.5. The smallest absolute Gasteiger partial charge is 0.164 e. The molecule has 0 bridgehead atoms. The van der Waals surface area contributed by atoms with Crippen molar-refractivity contribution in [3.63, 3.8) is 0 Å². The van der Waals surface area contributed by atoms with E-state index in [2.05, 4.69) is 178 Å². The van der Waals surface area contributed by atoms with Crippen LogP contribution < -0.4 is 0 Å². The Bertz CT molecular complexity index is 2750. The average Bonchev–Trinajstić information content (AvgIpc) is 3.42. The third-order valence-corrected chi connectivity index (χ3v) is 10.7. The molecule has 10 rings (SSSR count). The molecule has 0 atom stereocenters. The summed E-state index contributed by atoms with van der Waals surface area (Å²) in [4.78, 5) is 15.5. The number of aromatic nitrogens is 3. The van der Waals surface area contributed by atoms with Crippen LogP contribution in [-0.4, -0.2) is 15.0 Å². The Hall–Kier alpha value is -6.45. The van der Waals surface area contributed by atoms with Crippen LogP contribution in [0.3, 0.4) is 0 Å². The lowest BCUT2D eigenvalue weighted by Gasteiger charge is -2.22. The van der Waals surface area contributed by atoms with Crippen molar-refractivity contribution in [2.24, 2.45) is 0 Å². The lowest BCUT2D eigenvalue weighted by molar-refractivity contribution is 0.660. The predicted octanol–water partition coefficient (Wildman–Crippen LogP) is 12.3. The van der Waals surface area contributed by atoms with E-state index >= 15 is 0 Å². The van der Waals surface area contributed by atoms with E-state index in [9.17, 15) is 0 Å². The molecule has 9 aromatic rings. The molecule has 1 aliphatic rings. The maximum absolute atomic E-state index is 5.19. The highest BCUT2D eigenvalue weighted by Gasteiger charge is 2.35. The summed E-state index contributed by atoms with van der Waals surface area (Å²) in [6, 6.07) is 58.6. The third kappa shape index (κ3) is 4.85. The molecular weight excluding hydrogens is 619 g/mol. The van der Waals surface area contributed by atoms with Gasteiger partial charge in [-0.1, -0.05) is 153 Å². The van der Waals surface area contributed by atoms with Gasteiger partial charge in [0, 0.05) is 22.1 Å². The van der Waals surface area contributed by atoms with Crippen molar-refractivity contribution < 1.29 is 0 Å². The maximum atomic E-state index is 5.19. The summed E-state index contributed by atoms with van der Waals surface area (Å²) in [5.41, 5.74) is 10.6. The molecule has 1 aliphatic carbocycles. The Balaban J connectivity index is 1.15. The summed E-state index contributed by atoms with van der Waals surface area (Å²) in [5, 5.41) is 6.93. The van der Waals surface area contributed by atoms with E-state index in [0.29, 0.717) is 17.5 Å². The first-order chi connectivity index (χ1) is 25.0. The molecule has 0 fully saturated rings. The average molecular weight is 652 g/mol. The minimum absolute atomic E-state index is 0.0623. The topological polar surface area (TPSA) is 38.7 Å². The maximum Gasteiger partial charge on any atom is 0.164 e. The molecule has 0 unspecified atom stereocenters. The van der Waals surface area contributed by atoms with Crippen LogP contribution >= 0.6 is 0 Å². The number of fused-ring (bicyclic) bond motifs is 6. The summed E-state index contributed by atoms with van der Waals surface area (Å²) in [6.45, 7) is 4.67. The second-order valence-corrected chi connectivity index (χ2v) is 14.1. The molecule has 0 saturated carbocycles. The third-order valence-electron chi connectivity index (χ3n) is 10.7. The van der Waals surface area contributed by atoms with Crippen LogP contribution in [0.4, 0.5) is 0 Å². The van der Waals surface area contributed by atoms with Gasteiger partial charge in [0.25, 0.3) is 0 Å². The number of hydrogen-bond acceptors (Lipinski definition) is 3. The zero-order valence-corrected chi connectivity index (χ0v) is 28.4. The van der Waals surface area contributed by atoms with Gasteiger partial charge < -0.3 is 0 Å². The van der Waals surface area contributed by atoms with Crippen molar-refractivity contribution in [2.75, 3.05) is 0 Å².